The number of carbonyl (C=O) groups is 3. The Balaban J connectivity index is 1.79. The lowest BCUT2D eigenvalue weighted by molar-refractivity contribution is -0.123. The normalized spacial score (nSPS) is 15.5. The smallest absolute Gasteiger partial charge is 0.321 e. The van der Waals surface area contributed by atoms with Crippen molar-refractivity contribution in [2.75, 3.05) is 13.7 Å². The first-order chi connectivity index (χ1) is 12.4. The fourth-order valence-electron chi connectivity index (χ4n) is 2.33. The molecule has 2 rings (SSSR count). The van der Waals surface area contributed by atoms with Crippen molar-refractivity contribution in [1.82, 2.24) is 21.3 Å². The van der Waals surface area contributed by atoms with Crippen molar-refractivity contribution < 1.29 is 19.1 Å². The minimum atomic E-state index is -0.538. The quantitative estimate of drug-likeness (QED) is 0.548. The first kappa shape index (κ1) is 19.7. The highest BCUT2D eigenvalue weighted by atomic mass is 16.5. The van der Waals surface area contributed by atoms with E-state index in [1.54, 1.807) is 19.1 Å². The molecule has 0 bridgehead atoms. The SMILES string of the molecule is CNC(=O)NC(=O)[C@H](C)N[C@@H](C)c1ccc(OCC(=O)NC2CC2)cc1. The molecule has 0 unspecified atom stereocenters. The molecule has 8 heteroatoms. The van der Waals surface area contributed by atoms with Crippen molar-refractivity contribution in [1.29, 1.82) is 0 Å². The van der Waals surface area contributed by atoms with Gasteiger partial charge in [0, 0.05) is 19.1 Å². The molecular weight excluding hydrogens is 336 g/mol. The van der Waals surface area contributed by atoms with Gasteiger partial charge in [-0.2, -0.15) is 0 Å². The molecule has 0 spiro atoms. The molecule has 0 aromatic heterocycles. The first-order valence-electron chi connectivity index (χ1n) is 8.69. The Morgan fingerprint density at radius 2 is 1.81 bits per heavy atom. The second kappa shape index (κ2) is 9.19. The van der Waals surface area contributed by atoms with Crippen LogP contribution in [-0.2, 0) is 9.59 Å². The van der Waals surface area contributed by atoms with Gasteiger partial charge in [0.05, 0.1) is 6.04 Å². The van der Waals surface area contributed by atoms with E-state index in [1.807, 2.05) is 19.1 Å². The average molecular weight is 362 g/mol. The minimum Gasteiger partial charge on any atom is -0.484 e. The van der Waals surface area contributed by atoms with E-state index >= 15 is 0 Å². The van der Waals surface area contributed by atoms with Crippen LogP contribution in [0.15, 0.2) is 24.3 Å². The highest BCUT2D eigenvalue weighted by Crippen LogP contribution is 2.19. The van der Waals surface area contributed by atoms with E-state index < -0.39 is 18.0 Å². The Bertz CT molecular complexity index is 643. The number of nitrogens with one attached hydrogen (secondary N) is 4. The van der Waals surface area contributed by atoms with Crippen LogP contribution in [0.5, 0.6) is 5.75 Å². The van der Waals surface area contributed by atoms with E-state index in [0.717, 1.165) is 18.4 Å². The van der Waals surface area contributed by atoms with Gasteiger partial charge in [-0.05, 0) is 44.4 Å². The molecule has 0 aliphatic heterocycles. The maximum absolute atomic E-state index is 11.9. The Labute approximate surface area is 153 Å². The number of ether oxygens (including phenoxy) is 1. The summed E-state index contributed by atoms with van der Waals surface area (Å²) in [5.41, 5.74) is 0.958. The molecule has 1 saturated carbocycles. The van der Waals surface area contributed by atoms with Crippen LogP contribution in [0.2, 0.25) is 0 Å². The summed E-state index contributed by atoms with van der Waals surface area (Å²) < 4.78 is 5.47. The van der Waals surface area contributed by atoms with Crippen LogP contribution in [-0.4, -0.2) is 43.6 Å². The summed E-state index contributed by atoms with van der Waals surface area (Å²) in [7, 11) is 1.45. The second-order valence-electron chi connectivity index (χ2n) is 6.38. The molecule has 1 aliphatic rings. The van der Waals surface area contributed by atoms with E-state index in [-0.39, 0.29) is 18.6 Å². The fraction of sp³-hybridized carbons (Fsp3) is 0.500. The molecular formula is C18H26N4O4. The van der Waals surface area contributed by atoms with E-state index in [2.05, 4.69) is 21.3 Å². The fourth-order valence-corrected chi connectivity index (χ4v) is 2.33. The molecule has 1 aromatic rings. The monoisotopic (exact) mass is 362 g/mol. The third-order valence-electron chi connectivity index (χ3n) is 4.05. The molecule has 1 aliphatic carbocycles. The number of urea groups is 1. The van der Waals surface area contributed by atoms with Crippen LogP contribution in [0.1, 0.15) is 38.3 Å². The zero-order valence-corrected chi connectivity index (χ0v) is 15.3. The number of hydrogen-bond donors (Lipinski definition) is 4. The predicted molar refractivity (Wildman–Crippen MR) is 96.7 cm³/mol. The molecule has 0 radical (unpaired) electrons. The lowest BCUT2D eigenvalue weighted by atomic mass is 10.1. The molecule has 1 aromatic carbocycles. The Hall–Kier alpha value is -2.61. The van der Waals surface area contributed by atoms with E-state index in [0.29, 0.717) is 11.8 Å². The topological polar surface area (TPSA) is 109 Å². The van der Waals surface area contributed by atoms with Gasteiger partial charge in [-0.1, -0.05) is 12.1 Å². The van der Waals surface area contributed by atoms with Crippen LogP contribution in [0.4, 0.5) is 4.79 Å². The van der Waals surface area contributed by atoms with Crippen LogP contribution in [0.25, 0.3) is 0 Å². The highest BCUT2D eigenvalue weighted by molar-refractivity contribution is 5.96. The lowest BCUT2D eigenvalue weighted by Gasteiger charge is -2.20. The number of benzene rings is 1. The average Bonchev–Trinajstić information content (AvgIpc) is 3.44. The summed E-state index contributed by atoms with van der Waals surface area (Å²) in [5, 5.41) is 10.6. The molecule has 0 heterocycles. The van der Waals surface area contributed by atoms with E-state index in [4.69, 9.17) is 4.74 Å². The van der Waals surface area contributed by atoms with Crippen molar-refractivity contribution in [3.8, 4) is 5.75 Å². The van der Waals surface area contributed by atoms with Gasteiger partial charge in [0.25, 0.3) is 5.91 Å². The summed E-state index contributed by atoms with van der Waals surface area (Å²) in [6, 6.07) is 6.45. The first-order valence-corrected chi connectivity index (χ1v) is 8.69. The highest BCUT2D eigenvalue weighted by Gasteiger charge is 2.23. The van der Waals surface area contributed by atoms with Gasteiger partial charge in [0.1, 0.15) is 5.75 Å². The zero-order chi connectivity index (χ0) is 19.1. The summed E-state index contributed by atoms with van der Waals surface area (Å²) >= 11 is 0. The van der Waals surface area contributed by atoms with Gasteiger partial charge < -0.3 is 15.4 Å². The van der Waals surface area contributed by atoms with Gasteiger partial charge >= 0.3 is 6.03 Å². The number of rotatable bonds is 8. The molecule has 4 N–H and O–H groups in total. The summed E-state index contributed by atoms with van der Waals surface area (Å²) in [4.78, 5) is 34.7. The number of amides is 4. The maximum atomic E-state index is 11.9. The number of hydrogen-bond acceptors (Lipinski definition) is 5. The van der Waals surface area contributed by atoms with Crippen molar-refractivity contribution in [3.63, 3.8) is 0 Å². The lowest BCUT2D eigenvalue weighted by Crippen LogP contribution is -2.47. The summed E-state index contributed by atoms with van der Waals surface area (Å²) in [6.07, 6.45) is 2.09. The van der Waals surface area contributed by atoms with E-state index in [9.17, 15) is 14.4 Å². The van der Waals surface area contributed by atoms with Gasteiger partial charge in [0.15, 0.2) is 6.61 Å². The molecule has 0 saturated heterocycles. The molecule has 142 valence electrons. The number of imide groups is 1. The molecule has 26 heavy (non-hydrogen) atoms. The van der Waals surface area contributed by atoms with Crippen LogP contribution in [0, 0.1) is 0 Å². The third kappa shape index (κ3) is 6.36. The van der Waals surface area contributed by atoms with Crippen molar-refractivity contribution in [2.45, 2.75) is 44.8 Å². The van der Waals surface area contributed by atoms with Gasteiger partial charge in [-0.3, -0.25) is 20.2 Å². The van der Waals surface area contributed by atoms with Crippen LogP contribution in [0.3, 0.4) is 0 Å². The van der Waals surface area contributed by atoms with Crippen molar-refractivity contribution in [3.05, 3.63) is 29.8 Å². The Morgan fingerprint density at radius 1 is 1.15 bits per heavy atom. The maximum Gasteiger partial charge on any atom is 0.321 e. The second-order valence-corrected chi connectivity index (χ2v) is 6.38. The van der Waals surface area contributed by atoms with Gasteiger partial charge in [0.2, 0.25) is 5.91 Å². The summed E-state index contributed by atoms with van der Waals surface area (Å²) in [5.74, 6) is 0.0951. The number of carbonyl (C=O) groups excluding carboxylic acids is 3. The minimum absolute atomic E-state index is 0.000345. The third-order valence-corrected chi connectivity index (χ3v) is 4.05. The van der Waals surface area contributed by atoms with Crippen molar-refractivity contribution >= 4 is 17.8 Å². The summed E-state index contributed by atoms with van der Waals surface area (Å²) in [6.45, 7) is 3.60. The largest absolute Gasteiger partial charge is 0.484 e. The molecule has 1 fully saturated rings. The Morgan fingerprint density at radius 3 is 2.38 bits per heavy atom. The molecule has 2 atom stereocenters. The molecule has 8 nitrogen and oxygen atoms in total. The predicted octanol–water partition coefficient (Wildman–Crippen LogP) is 0.839. The van der Waals surface area contributed by atoms with Crippen molar-refractivity contribution in [2.24, 2.45) is 0 Å². The zero-order valence-electron chi connectivity index (χ0n) is 15.3. The van der Waals surface area contributed by atoms with Crippen LogP contribution < -0.4 is 26.0 Å². The van der Waals surface area contributed by atoms with Gasteiger partial charge in [-0.15, -0.1) is 0 Å². The van der Waals surface area contributed by atoms with Gasteiger partial charge in [-0.25, -0.2) is 4.79 Å². The van der Waals surface area contributed by atoms with E-state index in [1.165, 1.54) is 7.05 Å². The molecule has 4 amide bonds. The van der Waals surface area contributed by atoms with Crippen LogP contribution >= 0.6 is 0 Å². The standard InChI is InChI=1S/C18H26N4O4/c1-11(20-12(2)17(24)22-18(25)19-3)13-4-8-15(9-5-13)26-10-16(23)21-14-6-7-14/h4-5,8-9,11-12,14,20H,6-7,10H2,1-3H3,(H,21,23)(H2,19,22,24,25)/t11-,12-/m0/s1. The Kier molecular flexibility index (Phi) is 6.97.